The van der Waals surface area contributed by atoms with Crippen LogP contribution in [0.25, 0.3) is 0 Å². The van der Waals surface area contributed by atoms with E-state index in [0.717, 1.165) is 62.5 Å². The molecule has 2 amide bonds. The van der Waals surface area contributed by atoms with Crippen molar-refractivity contribution in [3.8, 4) is 0 Å². The Morgan fingerprint density at radius 2 is 0.932 bits per heavy atom. The van der Waals surface area contributed by atoms with Crippen LogP contribution in [0.5, 0.6) is 0 Å². The summed E-state index contributed by atoms with van der Waals surface area (Å²) >= 11 is 0. The van der Waals surface area contributed by atoms with Crippen LogP contribution < -0.4 is 105 Å². The molecule has 59 heavy (non-hydrogen) atoms. The average Bonchev–Trinajstić information content (AvgIpc) is 3.03. The normalized spacial score (nSPS) is 13.9. The summed E-state index contributed by atoms with van der Waals surface area (Å²) in [4.78, 5) is 55.6. The maximum atomic E-state index is 12.2. The van der Waals surface area contributed by atoms with Crippen molar-refractivity contribution >= 4 is 32.5 Å². The van der Waals surface area contributed by atoms with Gasteiger partial charge >= 0.3 is 94.6 Å². The van der Waals surface area contributed by atoms with E-state index in [0.29, 0.717) is 0 Å². The molecule has 0 aliphatic rings. The summed E-state index contributed by atoms with van der Waals surface area (Å²) in [5, 5.41) is 0. The molecule has 0 aliphatic carbocycles. The number of hydrogen-bond acceptors (Lipinski definition) is 10. The van der Waals surface area contributed by atoms with E-state index >= 15 is 0 Å². The van der Waals surface area contributed by atoms with Crippen LogP contribution in [0.3, 0.4) is 0 Å². The monoisotopic (exact) mass is 894 g/mol. The first-order valence-corrected chi connectivity index (χ1v) is 22.9. The average molecular weight is 895 g/mol. The van der Waals surface area contributed by atoms with Gasteiger partial charge in [-0.3, -0.25) is 37.4 Å². The van der Waals surface area contributed by atoms with Crippen molar-refractivity contribution in [2.24, 2.45) is 5.41 Å². The molecule has 0 heterocycles. The number of hydroxylamine groups is 2. The van der Waals surface area contributed by atoms with Gasteiger partial charge in [0.15, 0.2) is 6.79 Å². The van der Waals surface area contributed by atoms with Gasteiger partial charge < -0.3 is 23.3 Å². The molecule has 322 valence electrons. The van der Waals surface area contributed by atoms with Gasteiger partial charge in [0, 0.05) is 6.16 Å². The third-order valence-electron chi connectivity index (χ3n) is 7.51. The van der Waals surface area contributed by atoms with E-state index in [2.05, 4.69) is 90.1 Å². The molecular formula is C42H71N2Na3O10P2. The molecule has 0 aromatic heterocycles. The van der Waals surface area contributed by atoms with Gasteiger partial charge in [-0.05, 0) is 128 Å². The molecule has 0 radical (unpaired) electrons. The fraction of sp³-hybridized carbons (Fsp3) is 0.595. The molecule has 2 N–H and O–H groups in total. The van der Waals surface area contributed by atoms with Crippen LogP contribution in [0.2, 0.25) is 0 Å². The zero-order valence-corrected chi connectivity index (χ0v) is 46.8. The second-order valence-electron chi connectivity index (χ2n) is 15.5. The summed E-state index contributed by atoms with van der Waals surface area (Å²) in [6, 6.07) is 0. The van der Waals surface area contributed by atoms with Crippen LogP contribution in [0, 0.1) is 18.7 Å². The van der Waals surface area contributed by atoms with E-state index in [1.54, 1.807) is 20.8 Å². The van der Waals surface area contributed by atoms with Crippen molar-refractivity contribution in [2.75, 3.05) is 32.3 Å². The molecule has 0 rings (SSSR count). The van der Waals surface area contributed by atoms with Crippen LogP contribution in [-0.4, -0.2) is 50.1 Å². The van der Waals surface area contributed by atoms with Crippen LogP contribution >= 0.6 is 14.7 Å². The predicted molar refractivity (Wildman–Crippen MR) is 226 cm³/mol. The van der Waals surface area contributed by atoms with Crippen molar-refractivity contribution < 1.29 is 136 Å². The number of rotatable bonds is 25. The molecule has 0 bridgehead atoms. The molecule has 0 aliphatic heterocycles. The summed E-state index contributed by atoms with van der Waals surface area (Å²) in [6.45, 7) is 28.0. The third kappa shape index (κ3) is 49.0. The number of esters is 1. The Labute approximate surface area is 423 Å². The number of amides is 2. The first-order valence-electron chi connectivity index (χ1n) is 18.9. The van der Waals surface area contributed by atoms with Crippen molar-refractivity contribution in [1.82, 2.24) is 11.0 Å². The van der Waals surface area contributed by atoms with Gasteiger partial charge in [-0.15, -0.1) is 7.37 Å². The van der Waals surface area contributed by atoms with Gasteiger partial charge in [-0.25, -0.2) is 11.0 Å². The van der Waals surface area contributed by atoms with Gasteiger partial charge in [-0.2, -0.15) is 0 Å². The minimum atomic E-state index is -3.85. The smallest absolute Gasteiger partial charge is 0.822 e. The van der Waals surface area contributed by atoms with Crippen LogP contribution in [0.15, 0.2) is 69.9 Å². The zero-order valence-electron chi connectivity index (χ0n) is 39.0. The Morgan fingerprint density at radius 3 is 1.27 bits per heavy atom. The molecule has 0 fully saturated rings. The minimum Gasteiger partial charge on any atom is -0.822 e. The molecule has 12 nitrogen and oxygen atoms in total. The molecule has 0 spiro atoms. The van der Waals surface area contributed by atoms with Crippen molar-refractivity contribution in [2.45, 2.75) is 128 Å². The number of nitrogens with one attached hydrogen (secondary N) is 2. The summed E-state index contributed by atoms with van der Waals surface area (Å²) in [7, 11) is -7.35. The van der Waals surface area contributed by atoms with Crippen LogP contribution in [0.1, 0.15) is 128 Å². The molecule has 0 aromatic carbocycles. The number of carbonyl (C=O) groups excluding carboxylic acids is 3. The maximum Gasteiger partial charge on any atom is 1.00 e. The van der Waals surface area contributed by atoms with Crippen LogP contribution in [-0.2, 0) is 42.4 Å². The van der Waals surface area contributed by atoms with Crippen molar-refractivity contribution in [1.29, 1.82) is 0 Å². The summed E-state index contributed by atoms with van der Waals surface area (Å²) in [6.07, 6.45) is 19.7. The second kappa shape index (κ2) is 38.6. The number of hydrogen-bond donors (Lipinski definition) is 2. The van der Waals surface area contributed by atoms with Gasteiger partial charge in [0.1, 0.15) is 0 Å². The van der Waals surface area contributed by atoms with E-state index in [4.69, 9.17) is 18.9 Å². The number of allylic oxidation sites excluding steroid dienone is 10. The van der Waals surface area contributed by atoms with Crippen LogP contribution in [0.4, 0.5) is 0 Å². The first-order chi connectivity index (χ1) is 25.8. The third-order valence-corrected chi connectivity index (χ3v) is 9.62. The van der Waals surface area contributed by atoms with E-state index in [1.165, 1.54) is 22.3 Å². The fourth-order valence-corrected chi connectivity index (χ4v) is 5.57. The van der Waals surface area contributed by atoms with E-state index in [-0.39, 0.29) is 102 Å². The topological polar surface area (TPSA) is 169 Å². The molecule has 2 unspecified atom stereocenters. The Bertz CT molecular complexity index is 1500. The van der Waals surface area contributed by atoms with Gasteiger partial charge in [0.25, 0.3) is 5.91 Å². The second-order valence-corrected chi connectivity index (χ2v) is 19.6. The maximum absolute atomic E-state index is 12.2. The van der Waals surface area contributed by atoms with Crippen molar-refractivity contribution in [3.05, 3.63) is 83.2 Å². The number of carbonyl (C=O) groups is 3. The number of ether oxygens (including phenoxy) is 1. The van der Waals surface area contributed by atoms with E-state index < -0.39 is 57.1 Å². The Balaban J connectivity index is -0.000000325. The zero-order chi connectivity index (χ0) is 43.4. The summed E-state index contributed by atoms with van der Waals surface area (Å²) in [5.41, 5.74) is 11.4. The Kier molecular flexibility index (Phi) is 44.6. The molecule has 2 atom stereocenters. The molecule has 17 heteroatoms. The Morgan fingerprint density at radius 1 is 0.593 bits per heavy atom. The quantitative estimate of drug-likeness (QED) is 0.0197. The minimum absolute atomic E-state index is 0. The fourth-order valence-electron chi connectivity index (χ4n) is 4.23. The molecule has 0 saturated carbocycles. The van der Waals surface area contributed by atoms with Crippen molar-refractivity contribution in [3.63, 3.8) is 0 Å². The molecular weight excluding hydrogens is 823 g/mol. The molecule has 0 aromatic rings. The summed E-state index contributed by atoms with van der Waals surface area (Å²) in [5.74, 6) is -1.82. The molecule has 0 saturated heterocycles. The largest absolute Gasteiger partial charge is 1.00 e. The summed E-state index contributed by atoms with van der Waals surface area (Å²) < 4.78 is 32.9. The van der Waals surface area contributed by atoms with E-state index in [9.17, 15) is 28.4 Å². The van der Waals surface area contributed by atoms with Gasteiger partial charge in [-0.1, -0.05) is 69.9 Å². The standard InChI is InChI=1S/C24H41NO6P.C18H31NO4P.3Na/c1-19(2)11-9-12-20(3)13-10-14-21(4)15-16-30-25-22(26)17-32(8,28)31-18-29-23(27)24(5,6)7;1-15(2)8-6-9-16(3)10-7-11-17(4)12-13-23-19-18(20)14-24(5,21)22;;;/h11,13,15H,8-10,12,14,16-18H2,1-7H3,(H,25,26);8,10,12H,5-7,9,11,13-14H2,1-4H3,(H,19,20)(H,21,22);;;/q2*-1;3*+1/p-1/b20-13+,21-15+;16-10+,17-12+;;;. The van der Waals surface area contributed by atoms with Gasteiger partial charge in [0.2, 0.25) is 5.91 Å². The Hall–Kier alpha value is 0.150. The predicted octanol–water partition coefficient (Wildman–Crippen LogP) is 0.982. The van der Waals surface area contributed by atoms with E-state index in [1.807, 2.05) is 26.0 Å². The SMILES string of the molecule is [CH2-]P(=O)(CC(=O)NOC/C=C(\C)CC/C=C(\C)CCC=C(C)C)OCOC(=O)C(C)(C)C.[CH2-]P(=O)([O-])CC(=O)NOC/C=C(\C)CC/C=C(\C)CCC=C(C)C.[Na+].[Na+].[Na+]. The van der Waals surface area contributed by atoms with Gasteiger partial charge in [0.05, 0.1) is 32.2 Å². The first kappa shape index (κ1) is 68.2.